The molecule has 1 aliphatic carbocycles. The minimum atomic E-state index is 0.0330. The van der Waals surface area contributed by atoms with Crippen LogP contribution in [0.15, 0.2) is 30.3 Å². The molecule has 1 aliphatic rings. The first-order chi connectivity index (χ1) is 10.0. The molecule has 0 bridgehead atoms. The second kappa shape index (κ2) is 5.41. The largest absolute Gasteiger partial charge is 0.508 e. The van der Waals surface area contributed by atoms with Crippen molar-refractivity contribution in [1.82, 2.24) is 4.90 Å². The number of anilines is 1. The molecule has 1 aromatic heterocycles. The van der Waals surface area contributed by atoms with E-state index in [2.05, 4.69) is 0 Å². The maximum absolute atomic E-state index is 12.7. The molecule has 1 fully saturated rings. The predicted octanol–water partition coefficient (Wildman–Crippen LogP) is 3.15. The Labute approximate surface area is 127 Å². The van der Waals surface area contributed by atoms with Crippen LogP contribution in [0.1, 0.15) is 33.0 Å². The number of nitrogen functional groups attached to an aromatic ring is 1. The number of nitrogens with two attached hydrogens (primary N) is 1. The van der Waals surface area contributed by atoms with Crippen molar-refractivity contribution in [3.63, 3.8) is 0 Å². The third-order valence-electron chi connectivity index (χ3n) is 3.68. The van der Waals surface area contributed by atoms with Gasteiger partial charge in [-0.1, -0.05) is 12.1 Å². The van der Waals surface area contributed by atoms with Crippen molar-refractivity contribution in [1.29, 1.82) is 0 Å². The average Bonchev–Trinajstić information content (AvgIpc) is 3.22. The molecular formula is C16H18N2O2S. The summed E-state index contributed by atoms with van der Waals surface area (Å²) >= 11 is 1.44. The highest BCUT2D eigenvalue weighted by Gasteiger charge is 2.33. The molecule has 0 aliphatic heterocycles. The molecule has 0 radical (unpaired) electrons. The number of benzene rings is 1. The molecule has 5 heteroatoms. The Bertz CT molecular complexity index is 657. The number of carbonyl (C=O) groups excluding carboxylic acids is 1. The Hall–Kier alpha value is -2.01. The van der Waals surface area contributed by atoms with Crippen molar-refractivity contribution >= 4 is 22.9 Å². The highest BCUT2D eigenvalue weighted by molar-refractivity contribution is 7.14. The number of carbonyl (C=O) groups is 1. The van der Waals surface area contributed by atoms with Gasteiger partial charge in [-0.05, 0) is 43.5 Å². The lowest BCUT2D eigenvalue weighted by Crippen LogP contribution is -2.32. The van der Waals surface area contributed by atoms with Crippen LogP contribution in [0.4, 0.5) is 5.69 Å². The Kier molecular flexibility index (Phi) is 3.59. The lowest BCUT2D eigenvalue weighted by molar-refractivity contribution is 0.0734. The van der Waals surface area contributed by atoms with Crippen LogP contribution < -0.4 is 5.73 Å². The molecule has 21 heavy (non-hydrogen) atoms. The molecule has 2 aromatic rings. The molecule has 110 valence electrons. The fourth-order valence-electron chi connectivity index (χ4n) is 2.35. The fraction of sp³-hybridized carbons (Fsp3) is 0.312. The number of aryl methyl sites for hydroxylation is 1. The number of thiophene rings is 1. The van der Waals surface area contributed by atoms with Crippen LogP contribution in [-0.2, 0) is 6.54 Å². The molecule has 1 aromatic carbocycles. The third kappa shape index (κ3) is 3.03. The second-order valence-corrected chi connectivity index (χ2v) is 6.71. The standard InChI is InChI=1S/C16H18N2O2S/c1-10-14(17)8-15(21-10)16(20)18(12-5-6-12)9-11-3-2-4-13(19)7-11/h2-4,7-8,12,19H,5-6,9,17H2,1H3. The number of phenolic OH excluding ortho intramolecular Hbond substituents is 1. The van der Waals surface area contributed by atoms with Crippen LogP contribution in [-0.4, -0.2) is 22.0 Å². The van der Waals surface area contributed by atoms with Gasteiger partial charge in [0.25, 0.3) is 5.91 Å². The maximum Gasteiger partial charge on any atom is 0.264 e. The SMILES string of the molecule is Cc1sc(C(=O)N(Cc2cccc(O)c2)C2CC2)cc1N. The van der Waals surface area contributed by atoms with E-state index in [1.807, 2.05) is 17.9 Å². The van der Waals surface area contributed by atoms with E-state index in [0.717, 1.165) is 23.3 Å². The van der Waals surface area contributed by atoms with Crippen molar-refractivity contribution in [2.24, 2.45) is 0 Å². The number of phenols is 1. The van der Waals surface area contributed by atoms with Gasteiger partial charge in [0.2, 0.25) is 0 Å². The van der Waals surface area contributed by atoms with Crippen LogP contribution >= 0.6 is 11.3 Å². The number of hydrogen-bond donors (Lipinski definition) is 2. The second-order valence-electron chi connectivity index (χ2n) is 5.46. The summed E-state index contributed by atoms with van der Waals surface area (Å²) < 4.78 is 0. The summed E-state index contributed by atoms with van der Waals surface area (Å²) in [5, 5.41) is 9.56. The van der Waals surface area contributed by atoms with Gasteiger partial charge in [0.15, 0.2) is 0 Å². The first-order valence-electron chi connectivity index (χ1n) is 6.99. The normalized spacial score (nSPS) is 14.1. The number of rotatable bonds is 4. The van der Waals surface area contributed by atoms with Crippen molar-refractivity contribution < 1.29 is 9.90 Å². The van der Waals surface area contributed by atoms with Crippen LogP contribution in [0, 0.1) is 6.92 Å². The molecule has 1 saturated carbocycles. The van der Waals surface area contributed by atoms with E-state index in [1.54, 1.807) is 24.3 Å². The maximum atomic E-state index is 12.7. The highest BCUT2D eigenvalue weighted by Crippen LogP contribution is 2.32. The highest BCUT2D eigenvalue weighted by atomic mass is 32.1. The van der Waals surface area contributed by atoms with Crippen molar-refractivity contribution in [3.8, 4) is 5.75 Å². The van der Waals surface area contributed by atoms with Crippen LogP contribution in [0.25, 0.3) is 0 Å². The van der Waals surface area contributed by atoms with Gasteiger partial charge in [-0.3, -0.25) is 4.79 Å². The van der Waals surface area contributed by atoms with Gasteiger partial charge >= 0.3 is 0 Å². The first kappa shape index (κ1) is 13.9. The number of aromatic hydroxyl groups is 1. The van der Waals surface area contributed by atoms with Crippen LogP contribution in [0.3, 0.4) is 0 Å². The molecule has 1 heterocycles. The van der Waals surface area contributed by atoms with Crippen molar-refractivity contribution in [3.05, 3.63) is 45.6 Å². The van der Waals surface area contributed by atoms with Crippen LogP contribution in [0.2, 0.25) is 0 Å². The lowest BCUT2D eigenvalue weighted by Gasteiger charge is -2.22. The smallest absolute Gasteiger partial charge is 0.264 e. The molecule has 0 saturated heterocycles. The van der Waals surface area contributed by atoms with Gasteiger partial charge in [0, 0.05) is 23.2 Å². The summed E-state index contributed by atoms with van der Waals surface area (Å²) in [5.41, 5.74) is 7.47. The van der Waals surface area contributed by atoms with Gasteiger partial charge in [0.05, 0.1) is 4.88 Å². The molecule has 0 spiro atoms. The van der Waals surface area contributed by atoms with Gasteiger partial charge < -0.3 is 15.7 Å². The summed E-state index contributed by atoms with van der Waals surface area (Å²) in [6.07, 6.45) is 2.09. The molecule has 1 amide bonds. The summed E-state index contributed by atoms with van der Waals surface area (Å²) in [4.78, 5) is 16.3. The van der Waals surface area contributed by atoms with E-state index >= 15 is 0 Å². The third-order valence-corrected chi connectivity index (χ3v) is 4.73. The Morgan fingerprint density at radius 3 is 2.76 bits per heavy atom. The van der Waals surface area contributed by atoms with E-state index in [-0.39, 0.29) is 11.7 Å². The number of hydrogen-bond acceptors (Lipinski definition) is 4. The average molecular weight is 302 g/mol. The zero-order valence-electron chi connectivity index (χ0n) is 11.9. The van der Waals surface area contributed by atoms with E-state index in [4.69, 9.17) is 5.73 Å². The fourth-order valence-corrected chi connectivity index (χ4v) is 3.24. The lowest BCUT2D eigenvalue weighted by atomic mass is 10.2. The molecular weight excluding hydrogens is 284 g/mol. The van der Waals surface area contributed by atoms with Gasteiger partial charge in [-0.2, -0.15) is 0 Å². The van der Waals surface area contributed by atoms with E-state index < -0.39 is 0 Å². The molecule has 3 N–H and O–H groups in total. The number of amides is 1. The summed E-state index contributed by atoms with van der Waals surface area (Å²) in [6.45, 7) is 2.45. The summed E-state index contributed by atoms with van der Waals surface area (Å²) in [6, 6.07) is 9.14. The van der Waals surface area contributed by atoms with E-state index in [1.165, 1.54) is 11.3 Å². The number of nitrogens with zero attached hydrogens (tertiary/aromatic N) is 1. The van der Waals surface area contributed by atoms with Crippen LogP contribution in [0.5, 0.6) is 5.75 Å². The summed E-state index contributed by atoms with van der Waals surface area (Å²) in [7, 11) is 0. The Morgan fingerprint density at radius 1 is 1.43 bits per heavy atom. The molecule has 4 nitrogen and oxygen atoms in total. The Balaban J connectivity index is 1.83. The van der Waals surface area contributed by atoms with E-state index in [0.29, 0.717) is 23.2 Å². The van der Waals surface area contributed by atoms with Crippen molar-refractivity contribution in [2.45, 2.75) is 32.4 Å². The predicted molar refractivity (Wildman–Crippen MR) is 84.5 cm³/mol. The van der Waals surface area contributed by atoms with Gasteiger partial charge in [-0.15, -0.1) is 11.3 Å². The molecule has 3 rings (SSSR count). The topological polar surface area (TPSA) is 66.6 Å². The molecule has 0 atom stereocenters. The van der Waals surface area contributed by atoms with Gasteiger partial charge in [-0.25, -0.2) is 0 Å². The minimum Gasteiger partial charge on any atom is -0.508 e. The quantitative estimate of drug-likeness (QED) is 0.911. The zero-order chi connectivity index (χ0) is 15.0. The summed E-state index contributed by atoms with van der Waals surface area (Å²) in [5.74, 6) is 0.262. The molecule has 0 unspecified atom stereocenters. The zero-order valence-corrected chi connectivity index (χ0v) is 12.7. The monoisotopic (exact) mass is 302 g/mol. The minimum absolute atomic E-state index is 0.0330. The van der Waals surface area contributed by atoms with E-state index in [9.17, 15) is 9.90 Å². The van der Waals surface area contributed by atoms with Gasteiger partial charge in [0.1, 0.15) is 5.75 Å². The Morgan fingerprint density at radius 2 is 2.19 bits per heavy atom. The van der Waals surface area contributed by atoms with Crippen molar-refractivity contribution in [2.75, 3.05) is 5.73 Å². The first-order valence-corrected chi connectivity index (χ1v) is 7.81.